The largest absolute Gasteiger partial charge is 0.469 e. The standard InChI is InChI=1S/C20H32O7/c1-11-6-7-15-13(3)17(23-10-12(2)16(21)22-5)24-18-20(15)14(11)8-9-19(4,25-18)26-27-20/h11-15,17-18H,6-10H2,1-5H3/t11-,12+,13-,14+,15+,17+,18-,19-,20-/m1/s1. The molecule has 5 fully saturated rings. The van der Waals surface area contributed by atoms with Gasteiger partial charge in [0.25, 0.3) is 0 Å². The number of methoxy groups -OCH3 is 1. The van der Waals surface area contributed by atoms with E-state index in [0.717, 1.165) is 25.7 Å². The molecule has 154 valence electrons. The molecule has 0 unspecified atom stereocenters. The van der Waals surface area contributed by atoms with Gasteiger partial charge in [0, 0.05) is 18.3 Å². The lowest BCUT2D eigenvalue weighted by Crippen LogP contribution is -2.70. The molecule has 0 amide bonds. The molecule has 0 radical (unpaired) electrons. The molecule has 0 aromatic rings. The zero-order chi connectivity index (χ0) is 19.4. The van der Waals surface area contributed by atoms with Crippen molar-refractivity contribution < 1.29 is 33.5 Å². The van der Waals surface area contributed by atoms with E-state index in [1.165, 1.54) is 7.11 Å². The molecular weight excluding hydrogens is 352 g/mol. The van der Waals surface area contributed by atoms with E-state index in [4.69, 9.17) is 28.7 Å². The zero-order valence-corrected chi connectivity index (χ0v) is 16.9. The minimum atomic E-state index is -0.790. The molecule has 0 aromatic carbocycles. The number of hydrogen-bond acceptors (Lipinski definition) is 7. The molecule has 1 saturated carbocycles. The van der Waals surface area contributed by atoms with Gasteiger partial charge >= 0.3 is 5.97 Å². The van der Waals surface area contributed by atoms with E-state index in [1.807, 2.05) is 6.92 Å². The molecular formula is C20H32O7. The maximum Gasteiger partial charge on any atom is 0.310 e. The number of hydrogen-bond donors (Lipinski definition) is 0. The van der Waals surface area contributed by atoms with Crippen molar-refractivity contribution in [3.63, 3.8) is 0 Å². The Balaban J connectivity index is 1.57. The van der Waals surface area contributed by atoms with E-state index < -0.39 is 24.0 Å². The topological polar surface area (TPSA) is 72.5 Å². The number of fused-ring (bicyclic) bond motifs is 2. The summed E-state index contributed by atoms with van der Waals surface area (Å²) in [6, 6.07) is 0. The van der Waals surface area contributed by atoms with Crippen molar-refractivity contribution in [3.05, 3.63) is 0 Å². The van der Waals surface area contributed by atoms with Gasteiger partial charge in [0.2, 0.25) is 5.79 Å². The summed E-state index contributed by atoms with van der Waals surface area (Å²) in [6.07, 6.45) is 3.00. The summed E-state index contributed by atoms with van der Waals surface area (Å²) in [5, 5.41) is 0. The van der Waals surface area contributed by atoms with Crippen molar-refractivity contribution in [2.75, 3.05) is 13.7 Å². The fourth-order valence-corrected chi connectivity index (χ4v) is 5.57. The molecule has 2 bridgehead atoms. The van der Waals surface area contributed by atoms with Crippen LogP contribution >= 0.6 is 0 Å². The lowest BCUT2D eigenvalue weighted by Gasteiger charge is -2.60. The lowest BCUT2D eigenvalue weighted by molar-refractivity contribution is -0.577. The molecule has 4 heterocycles. The third kappa shape index (κ3) is 3.02. The Morgan fingerprint density at radius 3 is 2.70 bits per heavy atom. The summed E-state index contributed by atoms with van der Waals surface area (Å²) in [6.45, 7) is 8.39. The van der Waals surface area contributed by atoms with Gasteiger partial charge in [0.1, 0.15) is 0 Å². The highest BCUT2D eigenvalue weighted by molar-refractivity contribution is 5.71. The fraction of sp³-hybridized carbons (Fsp3) is 0.950. The van der Waals surface area contributed by atoms with Gasteiger partial charge in [-0.05, 0) is 44.9 Å². The van der Waals surface area contributed by atoms with Crippen LogP contribution in [0, 0.1) is 29.6 Å². The van der Waals surface area contributed by atoms with Crippen LogP contribution in [0.25, 0.3) is 0 Å². The van der Waals surface area contributed by atoms with Crippen LogP contribution in [-0.4, -0.2) is 43.7 Å². The molecule has 4 aliphatic heterocycles. The number of esters is 1. The molecule has 7 nitrogen and oxygen atoms in total. The van der Waals surface area contributed by atoms with Gasteiger partial charge in [-0.1, -0.05) is 13.8 Å². The maximum absolute atomic E-state index is 11.7. The first kappa shape index (κ1) is 19.6. The monoisotopic (exact) mass is 384 g/mol. The quantitative estimate of drug-likeness (QED) is 0.545. The van der Waals surface area contributed by atoms with E-state index in [2.05, 4.69) is 13.8 Å². The van der Waals surface area contributed by atoms with Crippen LogP contribution < -0.4 is 0 Å². The third-order valence-electron chi connectivity index (χ3n) is 7.21. The van der Waals surface area contributed by atoms with Crippen molar-refractivity contribution in [3.8, 4) is 0 Å². The van der Waals surface area contributed by atoms with Gasteiger partial charge in [0.05, 0.1) is 19.6 Å². The van der Waals surface area contributed by atoms with Crippen molar-refractivity contribution in [1.82, 2.24) is 0 Å². The van der Waals surface area contributed by atoms with E-state index >= 15 is 0 Å². The summed E-state index contributed by atoms with van der Waals surface area (Å²) in [4.78, 5) is 23.6. The zero-order valence-electron chi connectivity index (χ0n) is 16.9. The second-order valence-corrected chi connectivity index (χ2v) is 9.03. The Hall–Kier alpha value is -0.730. The molecule has 0 N–H and O–H groups in total. The predicted octanol–water partition coefficient (Wildman–Crippen LogP) is 3.02. The molecule has 1 aliphatic carbocycles. The molecule has 1 spiro atoms. The normalized spacial score (nSPS) is 49.8. The van der Waals surface area contributed by atoms with Crippen LogP contribution in [0.4, 0.5) is 0 Å². The van der Waals surface area contributed by atoms with Gasteiger partial charge < -0.3 is 18.9 Å². The Bertz CT molecular complexity index is 583. The number of ether oxygens (including phenoxy) is 4. The maximum atomic E-state index is 11.7. The van der Waals surface area contributed by atoms with Crippen molar-refractivity contribution in [1.29, 1.82) is 0 Å². The first-order valence-corrected chi connectivity index (χ1v) is 10.2. The van der Waals surface area contributed by atoms with E-state index in [-0.39, 0.29) is 30.3 Å². The van der Waals surface area contributed by atoms with Crippen LogP contribution in [0.5, 0.6) is 0 Å². The van der Waals surface area contributed by atoms with E-state index in [0.29, 0.717) is 11.8 Å². The van der Waals surface area contributed by atoms with Crippen molar-refractivity contribution in [2.24, 2.45) is 29.6 Å². The highest BCUT2D eigenvalue weighted by Crippen LogP contribution is 2.60. The van der Waals surface area contributed by atoms with Crippen LogP contribution in [0.3, 0.4) is 0 Å². The van der Waals surface area contributed by atoms with Crippen LogP contribution in [0.15, 0.2) is 0 Å². The molecule has 9 atom stereocenters. The first-order chi connectivity index (χ1) is 12.8. The predicted molar refractivity (Wildman–Crippen MR) is 94.0 cm³/mol. The van der Waals surface area contributed by atoms with E-state index in [1.54, 1.807) is 6.92 Å². The summed E-state index contributed by atoms with van der Waals surface area (Å²) < 4.78 is 23.4. The second kappa shape index (κ2) is 6.95. The molecule has 4 saturated heterocycles. The average Bonchev–Trinajstić information content (AvgIpc) is 2.88. The van der Waals surface area contributed by atoms with Crippen molar-refractivity contribution >= 4 is 5.97 Å². The number of rotatable bonds is 4. The molecule has 5 rings (SSSR count). The molecule has 0 aromatic heterocycles. The minimum absolute atomic E-state index is 0.107. The minimum Gasteiger partial charge on any atom is -0.469 e. The van der Waals surface area contributed by atoms with Crippen LogP contribution in [0.1, 0.15) is 53.4 Å². The smallest absolute Gasteiger partial charge is 0.310 e. The lowest BCUT2D eigenvalue weighted by atomic mass is 9.58. The van der Waals surface area contributed by atoms with Gasteiger partial charge in [-0.15, -0.1) is 0 Å². The highest BCUT2D eigenvalue weighted by Gasteiger charge is 2.69. The summed E-state index contributed by atoms with van der Waals surface area (Å²) in [5.74, 6) is -0.219. The highest BCUT2D eigenvalue weighted by atomic mass is 17.3. The van der Waals surface area contributed by atoms with Crippen LogP contribution in [-0.2, 0) is 33.5 Å². The number of carbonyl (C=O) groups excluding carboxylic acids is 1. The average molecular weight is 384 g/mol. The first-order valence-electron chi connectivity index (χ1n) is 10.2. The van der Waals surface area contributed by atoms with Gasteiger partial charge in [-0.25, -0.2) is 9.78 Å². The van der Waals surface area contributed by atoms with Crippen LogP contribution in [0.2, 0.25) is 0 Å². The summed E-state index contributed by atoms with van der Waals surface area (Å²) in [7, 11) is 1.39. The van der Waals surface area contributed by atoms with Crippen molar-refractivity contribution in [2.45, 2.75) is 77.3 Å². The molecule has 27 heavy (non-hydrogen) atoms. The Labute approximate surface area is 160 Å². The molecule has 5 aliphatic rings. The van der Waals surface area contributed by atoms with Gasteiger partial charge in [-0.2, -0.15) is 0 Å². The SMILES string of the molecule is COC(=O)[C@@H](C)CO[C@H]1O[C@@H]2O[C@@]3(C)CC[C@H]4[C@H](C)CC[C@@H]([C@H]1C)[C@@]24OO3. The number of carbonyl (C=O) groups is 1. The van der Waals surface area contributed by atoms with Gasteiger partial charge in [-0.3, -0.25) is 4.79 Å². The van der Waals surface area contributed by atoms with E-state index in [9.17, 15) is 4.79 Å². The second-order valence-electron chi connectivity index (χ2n) is 9.03. The Morgan fingerprint density at radius 2 is 1.96 bits per heavy atom. The Morgan fingerprint density at radius 1 is 1.19 bits per heavy atom. The van der Waals surface area contributed by atoms with Gasteiger partial charge in [0.15, 0.2) is 18.2 Å². The summed E-state index contributed by atoms with van der Waals surface area (Å²) in [5.41, 5.74) is -0.582. The fourth-order valence-electron chi connectivity index (χ4n) is 5.57. The Kier molecular flexibility index (Phi) is 5.04. The molecule has 7 heteroatoms. The summed E-state index contributed by atoms with van der Waals surface area (Å²) >= 11 is 0. The third-order valence-corrected chi connectivity index (χ3v) is 7.21.